The second-order valence-corrected chi connectivity index (χ2v) is 3.62. The Labute approximate surface area is 76.9 Å². The van der Waals surface area contributed by atoms with Gasteiger partial charge in [-0.1, -0.05) is 6.92 Å². The van der Waals surface area contributed by atoms with Gasteiger partial charge in [0, 0.05) is 10.6 Å². The van der Waals surface area contributed by atoms with Gasteiger partial charge in [0.15, 0.2) is 0 Å². The average molecular weight is 180 g/mol. The van der Waals surface area contributed by atoms with E-state index in [0.717, 1.165) is 22.0 Å². The van der Waals surface area contributed by atoms with Crippen LogP contribution in [0.2, 0.25) is 0 Å². The lowest BCUT2D eigenvalue weighted by Gasteiger charge is -2.03. The molecule has 0 spiro atoms. The van der Waals surface area contributed by atoms with Crippen LogP contribution in [0.1, 0.15) is 6.92 Å². The van der Waals surface area contributed by atoms with Crippen LogP contribution >= 0.6 is 11.8 Å². The number of nitrogens with zero attached hydrogens (tertiary/aromatic N) is 1. The Kier molecular flexibility index (Phi) is 3.17. The largest absolute Gasteiger partial charge is 0.399 e. The van der Waals surface area contributed by atoms with Crippen molar-refractivity contribution < 1.29 is 0 Å². The molecule has 0 fully saturated rings. The van der Waals surface area contributed by atoms with Crippen LogP contribution in [0.4, 0.5) is 11.4 Å². The molecular weight excluding hydrogens is 168 g/mol. The molecule has 2 N–H and O–H groups in total. The first-order chi connectivity index (χ1) is 5.77. The lowest BCUT2D eigenvalue weighted by atomic mass is 10.3. The van der Waals surface area contributed by atoms with Crippen LogP contribution in [0.25, 0.3) is 0 Å². The van der Waals surface area contributed by atoms with Gasteiger partial charge in [0.2, 0.25) is 0 Å². The van der Waals surface area contributed by atoms with Gasteiger partial charge in [0.25, 0.3) is 0 Å². The van der Waals surface area contributed by atoms with E-state index in [-0.39, 0.29) is 0 Å². The normalized spacial score (nSPS) is 9.75. The Hall–Kier alpha value is -0.960. The molecule has 1 aromatic carbocycles. The van der Waals surface area contributed by atoms with E-state index < -0.39 is 0 Å². The summed E-state index contributed by atoms with van der Waals surface area (Å²) in [6.07, 6.45) is 0. The predicted molar refractivity (Wildman–Crippen MR) is 56.5 cm³/mol. The van der Waals surface area contributed by atoms with Gasteiger partial charge in [0.05, 0.1) is 5.69 Å². The van der Waals surface area contributed by atoms with Gasteiger partial charge in [-0.05, 0) is 30.7 Å². The molecule has 0 aliphatic rings. The number of benzene rings is 1. The van der Waals surface area contributed by atoms with Crippen LogP contribution < -0.4 is 5.73 Å². The van der Waals surface area contributed by atoms with E-state index in [2.05, 4.69) is 18.6 Å². The molecule has 64 valence electrons. The third-order valence-corrected chi connectivity index (χ3v) is 2.38. The van der Waals surface area contributed by atoms with Crippen molar-refractivity contribution in [1.29, 1.82) is 0 Å². The van der Waals surface area contributed by atoms with Gasteiger partial charge in [-0.3, -0.25) is 4.99 Å². The van der Waals surface area contributed by atoms with Crippen LogP contribution in [-0.4, -0.2) is 12.5 Å². The summed E-state index contributed by atoms with van der Waals surface area (Å²) >= 11 is 1.73. The number of nitrogens with two attached hydrogens (primary N) is 1. The summed E-state index contributed by atoms with van der Waals surface area (Å²) < 4.78 is 0. The summed E-state index contributed by atoms with van der Waals surface area (Å²) in [5, 5.41) is 0. The maximum absolute atomic E-state index is 5.64. The highest BCUT2D eigenvalue weighted by atomic mass is 32.2. The van der Waals surface area contributed by atoms with Crippen molar-refractivity contribution in [1.82, 2.24) is 0 Å². The zero-order valence-electron chi connectivity index (χ0n) is 7.08. The summed E-state index contributed by atoms with van der Waals surface area (Å²) in [6.45, 7) is 5.60. The van der Waals surface area contributed by atoms with Crippen molar-refractivity contribution in [2.75, 3.05) is 11.5 Å². The highest BCUT2D eigenvalue weighted by Gasteiger charge is 1.99. The van der Waals surface area contributed by atoms with Crippen molar-refractivity contribution in [3.8, 4) is 0 Å². The molecule has 0 aromatic heterocycles. The summed E-state index contributed by atoms with van der Waals surface area (Å²) in [6, 6.07) is 5.66. The van der Waals surface area contributed by atoms with Gasteiger partial charge in [-0.15, -0.1) is 11.8 Å². The highest BCUT2D eigenvalue weighted by molar-refractivity contribution is 7.99. The molecule has 0 radical (unpaired) electrons. The summed E-state index contributed by atoms with van der Waals surface area (Å²) in [5.74, 6) is 1.02. The van der Waals surface area contributed by atoms with E-state index in [1.54, 1.807) is 11.8 Å². The van der Waals surface area contributed by atoms with E-state index in [1.165, 1.54) is 0 Å². The third-order valence-electron chi connectivity index (χ3n) is 1.45. The maximum atomic E-state index is 5.64. The first-order valence-electron chi connectivity index (χ1n) is 3.77. The topological polar surface area (TPSA) is 38.4 Å². The molecule has 1 rings (SSSR count). The fraction of sp³-hybridized carbons (Fsp3) is 0.222. The number of thioether (sulfide) groups is 1. The van der Waals surface area contributed by atoms with Crippen LogP contribution in [0.3, 0.4) is 0 Å². The van der Waals surface area contributed by atoms with Crippen LogP contribution in [0, 0.1) is 0 Å². The Morgan fingerprint density at radius 3 is 2.92 bits per heavy atom. The lowest BCUT2D eigenvalue weighted by molar-refractivity contribution is 1.37. The molecule has 0 saturated carbocycles. The first kappa shape index (κ1) is 9.13. The zero-order valence-corrected chi connectivity index (χ0v) is 7.90. The zero-order chi connectivity index (χ0) is 8.97. The highest BCUT2D eigenvalue weighted by Crippen LogP contribution is 2.30. The molecule has 0 aliphatic heterocycles. The number of anilines is 1. The molecule has 12 heavy (non-hydrogen) atoms. The maximum Gasteiger partial charge on any atom is 0.0759 e. The molecule has 0 heterocycles. The summed E-state index contributed by atoms with van der Waals surface area (Å²) in [5.41, 5.74) is 7.33. The summed E-state index contributed by atoms with van der Waals surface area (Å²) in [7, 11) is 0. The van der Waals surface area contributed by atoms with Crippen LogP contribution in [-0.2, 0) is 0 Å². The minimum absolute atomic E-state index is 0.776. The number of rotatable bonds is 3. The standard InChI is InChI=1S/C9H12N2S/c1-3-12-9-6-7(10)4-5-8(9)11-2/h4-6H,2-3,10H2,1H3. The van der Waals surface area contributed by atoms with Gasteiger partial charge < -0.3 is 5.73 Å². The van der Waals surface area contributed by atoms with Crippen molar-refractivity contribution >= 4 is 29.9 Å². The molecule has 3 heteroatoms. The Balaban J connectivity index is 3.03. The Morgan fingerprint density at radius 2 is 2.33 bits per heavy atom. The molecule has 0 atom stereocenters. The van der Waals surface area contributed by atoms with E-state index in [9.17, 15) is 0 Å². The lowest BCUT2D eigenvalue weighted by Crippen LogP contribution is -1.84. The molecule has 0 aliphatic carbocycles. The minimum Gasteiger partial charge on any atom is -0.399 e. The van der Waals surface area contributed by atoms with Crippen molar-refractivity contribution in [2.45, 2.75) is 11.8 Å². The fourth-order valence-electron chi connectivity index (χ4n) is 0.932. The Morgan fingerprint density at radius 1 is 1.58 bits per heavy atom. The van der Waals surface area contributed by atoms with Crippen molar-refractivity contribution in [3.05, 3.63) is 18.2 Å². The van der Waals surface area contributed by atoms with Crippen molar-refractivity contribution in [3.63, 3.8) is 0 Å². The van der Waals surface area contributed by atoms with E-state index in [1.807, 2.05) is 18.2 Å². The smallest absolute Gasteiger partial charge is 0.0759 e. The van der Waals surface area contributed by atoms with Gasteiger partial charge in [-0.25, -0.2) is 0 Å². The van der Waals surface area contributed by atoms with Crippen LogP contribution in [0.5, 0.6) is 0 Å². The quantitative estimate of drug-likeness (QED) is 0.441. The monoisotopic (exact) mass is 180 g/mol. The molecule has 0 saturated heterocycles. The fourth-order valence-corrected chi connectivity index (χ4v) is 1.74. The SMILES string of the molecule is C=Nc1ccc(N)cc1SCC. The van der Waals surface area contributed by atoms with Crippen molar-refractivity contribution in [2.24, 2.45) is 4.99 Å². The number of hydrogen-bond donors (Lipinski definition) is 1. The summed E-state index contributed by atoms with van der Waals surface area (Å²) in [4.78, 5) is 5.01. The minimum atomic E-state index is 0.776. The molecule has 1 aromatic rings. The van der Waals surface area contributed by atoms with Gasteiger partial charge in [0.1, 0.15) is 0 Å². The molecule has 0 amide bonds. The predicted octanol–water partition coefficient (Wildman–Crippen LogP) is 2.71. The average Bonchev–Trinajstić information content (AvgIpc) is 2.05. The van der Waals surface area contributed by atoms with Gasteiger partial charge >= 0.3 is 0 Å². The number of hydrogen-bond acceptors (Lipinski definition) is 3. The molecule has 0 unspecified atom stereocenters. The Bertz CT molecular complexity index is 284. The van der Waals surface area contributed by atoms with E-state index in [4.69, 9.17) is 5.73 Å². The molecular formula is C9H12N2S. The van der Waals surface area contributed by atoms with Gasteiger partial charge in [-0.2, -0.15) is 0 Å². The van der Waals surface area contributed by atoms with E-state index in [0.29, 0.717) is 0 Å². The second-order valence-electron chi connectivity index (χ2n) is 2.32. The van der Waals surface area contributed by atoms with Crippen LogP contribution in [0.15, 0.2) is 28.1 Å². The number of aliphatic imine (C=N–C) groups is 1. The molecule has 2 nitrogen and oxygen atoms in total. The van der Waals surface area contributed by atoms with E-state index >= 15 is 0 Å². The second kappa shape index (κ2) is 4.16. The first-order valence-corrected chi connectivity index (χ1v) is 4.75. The number of nitrogen functional groups attached to an aromatic ring is 1. The molecule has 0 bridgehead atoms. The third kappa shape index (κ3) is 2.01.